The first-order chi connectivity index (χ1) is 19.0. The van der Waals surface area contributed by atoms with Gasteiger partial charge in [-0.1, -0.05) is 30.5 Å². The van der Waals surface area contributed by atoms with Crippen molar-refractivity contribution < 1.29 is 9.84 Å². The topological polar surface area (TPSA) is 85.6 Å². The van der Waals surface area contributed by atoms with Crippen LogP contribution in [0.3, 0.4) is 0 Å². The van der Waals surface area contributed by atoms with Crippen molar-refractivity contribution in [1.29, 1.82) is 5.41 Å². The number of aliphatic hydroxyl groups excluding tert-OH is 1. The second-order valence-corrected chi connectivity index (χ2v) is 13.0. The van der Waals surface area contributed by atoms with Crippen LogP contribution in [0.2, 0.25) is 5.02 Å². The summed E-state index contributed by atoms with van der Waals surface area (Å²) in [4.78, 5) is 15.1. The van der Waals surface area contributed by atoms with Gasteiger partial charge in [0.2, 0.25) is 0 Å². The monoisotopic (exact) mass is 565 g/mol. The van der Waals surface area contributed by atoms with Crippen molar-refractivity contribution in [3.8, 4) is 17.1 Å². The smallest absolute Gasteiger partial charge is 0.163 e. The minimum Gasteiger partial charge on any atom is -0.491 e. The zero-order valence-electron chi connectivity index (χ0n) is 24.9. The van der Waals surface area contributed by atoms with Gasteiger partial charge in [-0.05, 0) is 85.0 Å². The molecule has 0 bridgehead atoms. The van der Waals surface area contributed by atoms with Crippen molar-refractivity contribution in [3.63, 3.8) is 0 Å². The van der Waals surface area contributed by atoms with E-state index in [1.807, 2.05) is 39.8 Å². The Hall–Kier alpha value is -2.48. The summed E-state index contributed by atoms with van der Waals surface area (Å²) in [6.45, 7) is 12.2. The van der Waals surface area contributed by atoms with E-state index in [0.717, 1.165) is 53.8 Å². The molecule has 1 aliphatic heterocycles. The van der Waals surface area contributed by atoms with Crippen molar-refractivity contribution in [2.24, 2.45) is 5.41 Å². The highest BCUT2D eigenvalue weighted by Gasteiger charge is 2.55. The molecule has 5 rings (SSSR count). The lowest BCUT2D eigenvalue weighted by Crippen LogP contribution is -2.66. The highest BCUT2D eigenvalue weighted by molar-refractivity contribution is 6.33. The van der Waals surface area contributed by atoms with Crippen molar-refractivity contribution in [2.45, 2.75) is 91.3 Å². The normalized spacial score (nSPS) is 18.9. The molecular weight excluding hydrogens is 522 g/mol. The molecule has 3 fully saturated rings. The Balaban J connectivity index is 1.46. The van der Waals surface area contributed by atoms with E-state index in [0.29, 0.717) is 45.7 Å². The lowest BCUT2D eigenvalue weighted by molar-refractivity contribution is -0.0124. The van der Waals surface area contributed by atoms with Crippen molar-refractivity contribution in [2.75, 3.05) is 31.6 Å². The number of allylic oxidation sites excluding steroid dienone is 2. The Labute approximate surface area is 244 Å². The van der Waals surface area contributed by atoms with E-state index in [4.69, 9.17) is 31.7 Å². The van der Waals surface area contributed by atoms with Gasteiger partial charge in [0.15, 0.2) is 5.82 Å². The summed E-state index contributed by atoms with van der Waals surface area (Å²) in [5.41, 5.74) is 5.23. The van der Waals surface area contributed by atoms with E-state index in [1.165, 1.54) is 25.7 Å². The molecule has 2 aromatic rings. The van der Waals surface area contributed by atoms with Gasteiger partial charge in [-0.25, -0.2) is 9.97 Å². The van der Waals surface area contributed by atoms with Crippen LogP contribution in [0.25, 0.3) is 17.0 Å². The van der Waals surface area contributed by atoms with E-state index >= 15 is 0 Å². The summed E-state index contributed by atoms with van der Waals surface area (Å²) in [5.74, 6) is 2.07. The van der Waals surface area contributed by atoms with Crippen LogP contribution < -0.4 is 9.64 Å². The number of hydrogen-bond acceptors (Lipinski definition) is 7. The molecule has 2 saturated carbocycles. The molecule has 0 radical (unpaired) electrons. The average Bonchev–Trinajstić information content (AvgIpc) is 3.69. The SMILES string of the molecule is CCC[C@@H](O)COc1ccc(Cl)c(-c2nc(C(C(C)=N)=C(C)C)c(C)c(N3CC4(CC(N(C)C5CC5)C4)C3)n2)c1. The van der Waals surface area contributed by atoms with E-state index in [1.54, 1.807) is 6.07 Å². The number of halogens is 1. The summed E-state index contributed by atoms with van der Waals surface area (Å²) < 4.78 is 5.90. The van der Waals surface area contributed by atoms with Crippen LogP contribution in [0, 0.1) is 17.7 Å². The first-order valence-electron chi connectivity index (χ1n) is 14.7. The van der Waals surface area contributed by atoms with Crippen molar-refractivity contribution >= 4 is 28.7 Å². The lowest BCUT2D eigenvalue weighted by atomic mass is 9.60. The molecule has 3 aliphatic rings. The van der Waals surface area contributed by atoms with Gasteiger partial charge in [-0.3, -0.25) is 0 Å². The third-order valence-corrected chi connectivity index (χ3v) is 9.19. The zero-order valence-corrected chi connectivity index (χ0v) is 25.6. The molecule has 1 spiro atoms. The predicted octanol–water partition coefficient (Wildman–Crippen LogP) is 6.54. The van der Waals surface area contributed by atoms with Crippen LogP contribution in [0.15, 0.2) is 23.8 Å². The van der Waals surface area contributed by atoms with Gasteiger partial charge in [-0.2, -0.15) is 0 Å². The van der Waals surface area contributed by atoms with E-state index in [-0.39, 0.29) is 6.61 Å². The fourth-order valence-electron chi connectivity index (χ4n) is 6.52. The Morgan fingerprint density at radius 3 is 2.50 bits per heavy atom. The largest absolute Gasteiger partial charge is 0.491 e. The molecule has 1 aromatic carbocycles. The van der Waals surface area contributed by atoms with Crippen LogP contribution in [0.5, 0.6) is 5.75 Å². The summed E-state index contributed by atoms with van der Waals surface area (Å²) >= 11 is 6.72. The molecule has 2 heterocycles. The number of benzene rings is 1. The highest BCUT2D eigenvalue weighted by atomic mass is 35.5. The molecule has 0 amide bonds. The predicted molar refractivity (Wildman–Crippen MR) is 164 cm³/mol. The van der Waals surface area contributed by atoms with E-state index < -0.39 is 6.10 Å². The Bertz CT molecular complexity index is 1300. The van der Waals surface area contributed by atoms with Crippen LogP contribution >= 0.6 is 11.6 Å². The third kappa shape index (κ3) is 5.79. The molecule has 2 aliphatic carbocycles. The Kier molecular flexibility index (Phi) is 8.29. The Morgan fingerprint density at radius 2 is 1.90 bits per heavy atom. The van der Waals surface area contributed by atoms with E-state index in [2.05, 4.69) is 23.8 Å². The molecule has 0 unspecified atom stereocenters. The van der Waals surface area contributed by atoms with Gasteiger partial charge in [0.1, 0.15) is 18.2 Å². The zero-order chi connectivity index (χ0) is 28.8. The minimum atomic E-state index is -0.511. The number of nitrogens with one attached hydrogen (secondary N) is 1. The third-order valence-electron chi connectivity index (χ3n) is 8.86. The second kappa shape index (κ2) is 11.4. The summed E-state index contributed by atoms with van der Waals surface area (Å²) in [6.07, 6.45) is 6.30. The minimum absolute atomic E-state index is 0.224. The van der Waals surface area contributed by atoms with Crippen LogP contribution in [0.1, 0.15) is 77.5 Å². The molecule has 1 saturated heterocycles. The van der Waals surface area contributed by atoms with Gasteiger partial charge in [0.05, 0.1) is 16.8 Å². The number of aliphatic hydroxyl groups is 1. The molecular formula is C32H44ClN5O2. The van der Waals surface area contributed by atoms with Crippen molar-refractivity contribution in [3.05, 3.63) is 40.1 Å². The number of aromatic nitrogens is 2. The first-order valence-corrected chi connectivity index (χ1v) is 15.1. The van der Waals surface area contributed by atoms with Crippen LogP contribution in [-0.4, -0.2) is 70.6 Å². The number of nitrogens with zero attached hydrogens (tertiary/aromatic N) is 4. The molecule has 7 nitrogen and oxygen atoms in total. The van der Waals surface area contributed by atoms with Crippen LogP contribution in [-0.2, 0) is 0 Å². The number of ether oxygens (including phenoxy) is 1. The second-order valence-electron chi connectivity index (χ2n) is 12.6. The summed E-state index contributed by atoms with van der Waals surface area (Å²) in [7, 11) is 2.30. The molecule has 1 aromatic heterocycles. The van der Waals surface area contributed by atoms with Crippen molar-refractivity contribution in [1.82, 2.24) is 14.9 Å². The number of rotatable bonds is 11. The number of hydrogen-bond donors (Lipinski definition) is 2. The van der Waals surface area contributed by atoms with Gasteiger partial charge in [-0.15, -0.1) is 0 Å². The quantitative estimate of drug-likeness (QED) is 0.301. The average molecular weight is 566 g/mol. The maximum atomic E-state index is 10.1. The maximum Gasteiger partial charge on any atom is 0.163 e. The van der Waals surface area contributed by atoms with Crippen LogP contribution in [0.4, 0.5) is 5.82 Å². The van der Waals surface area contributed by atoms with Gasteiger partial charge in [0, 0.05) is 53.0 Å². The molecule has 216 valence electrons. The molecule has 40 heavy (non-hydrogen) atoms. The number of anilines is 1. The lowest BCUT2D eigenvalue weighted by Gasteiger charge is -2.61. The summed E-state index contributed by atoms with van der Waals surface area (Å²) in [6, 6.07) is 6.99. The standard InChI is InChI=1S/C32H44ClN5O2/c1-7-8-24(39)16-40-25-11-12-27(33)26(13-25)30-35-29(28(19(2)3)21(5)34)20(4)31(36-30)38-17-32(18-38)14-23(15-32)37(6)22-9-10-22/h11-13,22-24,34,39H,7-10,14-18H2,1-6H3/t24-/m1/s1. The fourth-order valence-corrected chi connectivity index (χ4v) is 6.72. The Morgan fingerprint density at radius 1 is 1.20 bits per heavy atom. The fraction of sp³-hybridized carbons (Fsp3) is 0.594. The first kappa shape index (κ1) is 29.0. The molecule has 8 heteroatoms. The molecule has 2 N–H and O–H groups in total. The van der Waals surface area contributed by atoms with Gasteiger partial charge < -0.3 is 25.1 Å². The van der Waals surface area contributed by atoms with Gasteiger partial charge >= 0.3 is 0 Å². The molecule has 1 atom stereocenters. The summed E-state index contributed by atoms with van der Waals surface area (Å²) in [5, 5.41) is 19.2. The highest BCUT2D eigenvalue weighted by Crippen LogP contribution is 2.53. The maximum absolute atomic E-state index is 10.1. The van der Waals surface area contributed by atoms with Gasteiger partial charge in [0.25, 0.3) is 0 Å². The van der Waals surface area contributed by atoms with E-state index in [9.17, 15) is 5.11 Å².